The van der Waals surface area contributed by atoms with E-state index in [2.05, 4.69) is 5.32 Å². The highest BCUT2D eigenvalue weighted by molar-refractivity contribution is 8.04. The Bertz CT molecular complexity index is 133. The lowest BCUT2D eigenvalue weighted by atomic mass is 10.6. The van der Waals surface area contributed by atoms with E-state index in [-0.39, 0.29) is 0 Å². The molecule has 1 radical (unpaired) electrons. The molecular formula is C4H3N2S. The highest BCUT2D eigenvalue weighted by Crippen LogP contribution is 2.14. The van der Waals surface area contributed by atoms with Crippen molar-refractivity contribution >= 4 is 11.8 Å². The molecule has 0 saturated carbocycles. The smallest absolute Gasteiger partial charge is 0.120 e. The predicted octanol–water partition coefficient (Wildman–Crippen LogP) is 0.807. The number of rotatable bonds is 0. The molecule has 0 amide bonds. The van der Waals surface area contributed by atoms with Gasteiger partial charge in [0.1, 0.15) is 17.6 Å². The molecule has 2 nitrogen and oxygen atoms in total. The van der Waals surface area contributed by atoms with E-state index in [4.69, 9.17) is 5.26 Å². The number of hydrogen-bond acceptors (Lipinski definition) is 3. The molecule has 3 heteroatoms. The molecule has 1 aliphatic rings. The van der Waals surface area contributed by atoms with Crippen LogP contribution < -0.4 is 5.32 Å². The van der Waals surface area contributed by atoms with Crippen LogP contribution in [0.4, 0.5) is 0 Å². The Balaban J connectivity index is 2.57. The Morgan fingerprint density at radius 2 is 2.71 bits per heavy atom. The summed E-state index contributed by atoms with van der Waals surface area (Å²) in [4.78, 5) is 0. The Morgan fingerprint density at radius 1 is 1.86 bits per heavy atom. The lowest BCUT2D eigenvalue weighted by molar-refractivity contribution is 1.11. The van der Waals surface area contributed by atoms with Crippen molar-refractivity contribution in [1.82, 2.24) is 5.32 Å². The van der Waals surface area contributed by atoms with Crippen LogP contribution in [0.2, 0.25) is 0 Å². The van der Waals surface area contributed by atoms with E-state index in [0.29, 0.717) is 5.70 Å². The van der Waals surface area contributed by atoms with Crippen LogP contribution in [0.1, 0.15) is 0 Å². The Labute approximate surface area is 46.2 Å². The Hall–Kier alpha value is -0.620. The molecular weight excluding hydrogens is 108 g/mol. The third kappa shape index (κ3) is 0.875. The van der Waals surface area contributed by atoms with Gasteiger partial charge in [-0.15, -0.1) is 11.8 Å². The summed E-state index contributed by atoms with van der Waals surface area (Å²) < 4.78 is 0. The van der Waals surface area contributed by atoms with Crippen molar-refractivity contribution in [1.29, 1.82) is 5.26 Å². The molecule has 0 spiro atoms. The zero-order chi connectivity index (χ0) is 5.11. The summed E-state index contributed by atoms with van der Waals surface area (Å²) in [5, 5.41) is 12.7. The fourth-order valence-electron chi connectivity index (χ4n) is 0.292. The highest BCUT2D eigenvalue weighted by atomic mass is 32.2. The van der Waals surface area contributed by atoms with Crippen LogP contribution in [0.5, 0.6) is 0 Å². The molecule has 0 saturated heterocycles. The molecule has 35 valence electrons. The lowest BCUT2D eigenvalue weighted by Crippen LogP contribution is -1.98. The minimum absolute atomic E-state index is 0.630. The predicted molar refractivity (Wildman–Crippen MR) is 28.7 cm³/mol. The normalized spacial score (nSPS) is 17.3. The molecule has 1 N–H and O–H groups in total. The van der Waals surface area contributed by atoms with Crippen LogP contribution in [0.15, 0.2) is 11.1 Å². The number of hydrogen-bond donors (Lipinski definition) is 1. The summed E-state index contributed by atoms with van der Waals surface area (Å²) in [6.45, 7) is 0. The van der Waals surface area contributed by atoms with Crippen LogP contribution in [0.3, 0.4) is 0 Å². The second-order valence-electron chi connectivity index (χ2n) is 1.04. The van der Waals surface area contributed by atoms with Gasteiger partial charge in [0.05, 0.1) is 0 Å². The van der Waals surface area contributed by atoms with Gasteiger partial charge >= 0.3 is 0 Å². The first-order valence-electron chi connectivity index (χ1n) is 1.77. The largest absolute Gasteiger partial charge is 0.361 e. The summed E-state index contributed by atoms with van der Waals surface area (Å²) in [6, 6.07) is 1.96. The van der Waals surface area contributed by atoms with E-state index in [1.807, 2.05) is 6.07 Å². The van der Waals surface area contributed by atoms with E-state index >= 15 is 0 Å². The van der Waals surface area contributed by atoms with E-state index < -0.39 is 0 Å². The maximum absolute atomic E-state index is 8.15. The van der Waals surface area contributed by atoms with Gasteiger partial charge < -0.3 is 5.32 Å². The van der Waals surface area contributed by atoms with Crippen molar-refractivity contribution in [2.45, 2.75) is 0 Å². The number of nitrogens with one attached hydrogen (secondary N) is 1. The quantitative estimate of drug-likeness (QED) is 0.502. The second kappa shape index (κ2) is 1.90. The van der Waals surface area contributed by atoms with Gasteiger partial charge in [0.25, 0.3) is 0 Å². The average Bonchev–Trinajstić information content (AvgIpc) is 2.14. The first-order chi connectivity index (χ1) is 3.43. The molecule has 1 aliphatic heterocycles. The third-order valence-corrected chi connectivity index (χ3v) is 1.21. The summed E-state index contributed by atoms with van der Waals surface area (Å²) in [7, 11) is 0. The standard InChI is InChI=1S/C4H3N2S/c5-1-4-2-7-3-6-4/h2-3,6H. The van der Waals surface area contributed by atoms with Crippen molar-refractivity contribution < 1.29 is 0 Å². The van der Waals surface area contributed by atoms with Gasteiger partial charge in [-0.25, -0.2) is 0 Å². The van der Waals surface area contributed by atoms with Gasteiger partial charge in [-0.1, -0.05) is 0 Å². The van der Waals surface area contributed by atoms with E-state index in [9.17, 15) is 0 Å². The van der Waals surface area contributed by atoms with Crippen LogP contribution in [0, 0.1) is 17.2 Å². The van der Waals surface area contributed by atoms with Crippen LogP contribution >= 0.6 is 11.8 Å². The number of nitrogens with zero attached hydrogens (tertiary/aromatic N) is 1. The SMILES string of the molecule is N#CC1=CS[CH]N1. The summed E-state index contributed by atoms with van der Waals surface area (Å²) in [6.07, 6.45) is 0. The summed E-state index contributed by atoms with van der Waals surface area (Å²) >= 11 is 1.49. The monoisotopic (exact) mass is 111 g/mol. The first-order valence-corrected chi connectivity index (χ1v) is 2.72. The zero-order valence-electron chi connectivity index (χ0n) is 3.51. The first kappa shape index (κ1) is 4.54. The average molecular weight is 111 g/mol. The molecule has 1 rings (SSSR count). The highest BCUT2D eigenvalue weighted by Gasteiger charge is 1.99. The zero-order valence-corrected chi connectivity index (χ0v) is 4.33. The number of thioether (sulfide) groups is 1. The van der Waals surface area contributed by atoms with E-state index in [1.165, 1.54) is 11.8 Å². The molecule has 0 bridgehead atoms. The minimum atomic E-state index is 0.630. The lowest BCUT2D eigenvalue weighted by Gasteiger charge is -1.83. The van der Waals surface area contributed by atoms with Gasteiger partial charge in [-0.3, -0.25) is 0 Å². The van der Waals surface area contributed by atoms with Gasteiger partial charge in [-0.2, -0.15) is 5.26 Å². The van der Waals surface area contributed by atoms with E-state index in [1.54, 1.807) is 11.3 Å². The van der Waals surface area contributed by atoms with Crippen molar-refractivity contribution in [2.24, 2.45) is 0 Å². The van der Waals surface area contributed by atoms with Crippen LogP contribution in [0.25, 0.3) is 0 Å². The fourth-order valence-corrected chi connectivity index (χ4v) is 0.812. The van der Waals surface area contributed by atoms with Gasteiger partial charge in [-0.05, 0) is 0 Å². The van der Waals surface area contributed by atoms with Gasteiger partial charge in [0.15, 0.2) is 0 Å². The molecule has 0 aromatic rings. The molecule has 0 aromatic carbocycles. The Morgan fingerprint density at radius 3 is 3.00 bits per heavy atom. The molecule has 0 aromatic heterocycles. The number of allylic oxidation sites excluding steroid dienone is 1. The fraction of sp³-hybridized carbons (Fsp3) is 0. The topological polar surface area (TPSA) is 35.8 Å². The molecule has 0 atom stereocenters. The molecule has 7 heavy (non-hydrogen) atoms. The van der Waals surface area contributed by atoms with Crippen molar-refractivity contribution in [2.75, 3.05) is 0 Å². The second-order valence-corrected chi connectivity index (χ2v) is 1.79. The Kier molecular flexibility index (Phi) is 1.23. The summed E-state index contributed by atoms with van der Waals surface area (Å²) in [5.74, 6) is 1.76. The maximum atomic E-state index is 8.15. The molecule has 0 fully saturated rings. The minimum Gasteiger partial charge on any atom is -0.361 e. The summed E-state index contributed by atoms with van der Waals surface area (Å²) in [5.41, 5.74) is 0.630. The number of nitriles is 1. The van der Waals surface area contributed by atoms with Crippen LogP contribution in [-0.4, -0.2) is 0 Å². The molecule has 0 aliphatic carbocycles. The molecule has 1 heterocycles. The van der Waals surface area contributed by atoms with E-state index in [0.717, 1.165) is 0 Å². The van der Waals surface area contributed by atoms with Gasteiger partial charge in [0, 0.05) is 5.41 Å². The van der Waals surface area contributed by atoms with Crippen LogP contribution in [-0.2, 0) is 0 Å². The van der Waals surface area contributed by atoms with Crippen molar-refractivity contribution in [3.8, 4) is 6.07 Å². The van der Waals surface area contributed by atoms with Crippen molar-refractivity contribution in [3.63, 3.8) is 0 Å². The van der Waals surface area contributed by atoms with Crippen molar-refractivity contribution in [3.05, 3.63) is 17.0 Å². The molecule has 0 unspecified atom stereocenters. The van der Waals surface area contributed by atoms with Gasteiger partial charge in [0.2, 0.25) is 0 Å². The third-order valence-electron chi connectivity index (χ3n) is 0.589. The maximum Gasteiger partial charge on any atom is 0.120 e.